The molecule has 12 heavy (non-hydrogen) atoms. The van der Waals surface area contributed by atoms with E-state index in [1.54, 1.807) is 0 Å². The molecule has 0 bridgehead atoms. The lowest BCUT2D eigenvalue weighted by molar-refractivity contribution is 0.702. The minimum absolute atomic E-state index is 1.25. The lowest BCUT2D eigenvalue weighted by Crippen LogP contribution is -1.66. The van der Waals surface area contributed by atoms with Crippen molar-refractivity contribution >= 4 is 0 Å². The normalized spacial score (nSPS) is 12.0. The van der Waals surface area contributed by atoms with Crippen molar-refractivity contribution in [1.82, 2.24) is 0 Å². The predicted molar refractivity (Wildman–Crippen MR) is 59.6 cm³/mol. The van der Waals surface area contributed by atoms with E-state index < -0.39 is 0 Å². The van der Waals surface area contributed by atoms with Gasteiger partial charge in [-0.25, -0.2) is 0 Å². The van der Waals surface area contributed by atoms with Gasteiger partial charge in [0.05, 0.1) is 0 Å². The Morgan fingerprint density at radius 1 is 0.667 bits per heavy atom. The molecule has 0 atom stereocenters. The average molecular weight is 172 g/mol. The molecule has 0 heterocycles. The zero-order valence-electron chi connectivity index (χ0n) is 9.66. The Labute approximate surface area is 79.8 Å². The molecule has 1 rings (SSSR count). The highest BCUT2D eigenvalue weighted by Gasteiger charge is 1.95. The molecule has 0 unspecified atom stereocenters. The zero-order chi connectivity index (χ0) is 9.66. The molecule has 0 aromatic heterocycles. The minimum Gasteiger partial charge on any atom is -0.0656 e. The molecule has 0 aliphatic heterocycles. The molecular weight excluding hydrogens is 144 g/mol. The fraction of sp³-hybridized carbons (Fsp3) is 1.00. The third kappa shape index (κ3) is 50.6. The lowest BCUT2D eigenvalue weighted by atomic mass is 10.2. The van der Waals surface area contributed by atoms with Gasteiger partial charge in [0.25, 0.3) is 0 Å². The zero-order valence-corrected chi connectivity index (χ0v) is 9.66. The second kappa shape index (κ2) is 17.2. The Hall–Kier alpha value is 0. The van der Waals surface area contributed by atoms with Gasteiger partial charge in [0.15, 0.2) is 0 Å². The summed E-state index contributed by atoms with van der Waals surface area (Å²) < 4.78 is 0. The highest BCUT2D eigenvalue weighted by molar-refractivity contribution is 4.50. The van der Waals surface area contributed by atoms with Gasteiger partial charge in [0.1, 0.15) is 0 Å². The lowest BCUT2D eigenvalue weighted by Gasteiger charge is -1.86. The number of hydrogen-bond donors (Lipinski definition) is 0. The number of rotatable bonds is 3. The molecule has 76 valence electrons. The van der Waals surface area contributed by atoms with Crippen molar-refractivity contribution in [3.05, 3.63) is 0 Å². The van der Waals surface area contributed by atoms with Gasteiger partial charge in [0, 0.05) is 0 Å². The van der Waals surface area contributed by atoms with Crippen LogP contribution in [0.15, 0.2) is 0 Å². The van der Waals surface area contributed by atoms with Crippen LogP contribution in [-0.2, 0) is 0 Å². The number of unbranched alkanes of at least 4 members (excludes halogenated alkanes) is 3. The van der Waals surface area contributed by atoms with Crippen LogP contribution < -0.4 is 0 Å². The van der Waals surface area contributed by atoms with Gasteiger partial charge in [-0.2, -0.15) is 0 Å². The van der Waals surface area contributed by atoms with Gasteiger partial charge in [0.2, 0.25) is 0 Å². The van der Waals surface area contributed by atoms with Crippen molar-refractivity contribution in [2.45, 2.75) is 79.1 Å². The van der Waals surface area contributed by atoms with Gasteiger partial charge in [-0.15, -0.1) is 0 Å². The molecule has 0 spiro atoms. The molecule has 0 N–H and O–H groups in total. The number of hydrogen-bond acceptors (Lipinski definition) is 0. The summed E-state index contributed by atoms with van der Waals surface area (Å²) in [6.07, 6.45) is 11.3. The van der Waals surface area contributed by atoms with Crippen molar-refractivity contribution in [3.8, 4) is 0 Å². The summed E-state index contributed by atoms with van der Waals surface area (Å²) in [7, 11) is 0. The van der Waals surface area contributed by atoms with Crippen LogP contribution in [0.1, 0.15) is 79.1 Å². The molecule has 0 aromatic rings. The highest BCUT2D eigenvalue weighted by atomic mass is 14.0. The smallest absolute Gasteiger partial charge is 0.0533 e. The van der Waals surface area contributed by atoms with E-state index in [0.29, 0.717) is 0 Å². The van der Waals surface area contributed by atoms with Gasteiger partial charge < -0.3 is 0 Å². The summed E-state index contributed by atoms with van der Waals surface area (Å²) in [4.78, 5) is 0. The van der Waals surface area contributed by atoms with Crippen LogP contribution in [0, 0.1) is 0 Å². The van der Waals surface area contributed by atoms with Gasteiger partial charge >= 0.3 is 0 Å². The maximum absolute atomic E-state index is 2.23. The summed E-state index contributed by atoms with van der Waals surface area (Å²) >= 11 is 0. The first-order valence-corrected chi connectivity index (χ1v) is 5.83. The maximum Gasteiger partial charge on any atom is -0.0533 e. The molecular formula is C12H28. The van der Waals surface area contributed by atoms with E-state index in [1.807, 2.05) is 0 Å². The summed E-state index contributed by atoms with van der Waals surface area (Å²) in [5, 5.41) is 0. The van der Waals surface area contributed by atoms with Crippen molar-refractivity contribution in [2.75, 3.05) is 0 Å². The SMILES string of the molecule is C1CC1.CCC.CCCCCC. The van der Waals surface area contributed by atoms with E-state index in [-0.39, 0.29) is 0 Å². The minimum atomic E-state index is 1.25. The molecule has 1 aliphatic carbocycles. The van der Waals surface area contributed by atoms with E-state index in [1.165, 1.54) is 51.4 Å². The van der Waals surface area contributed by atoms with Crippen LogP contribution in [0.3, 0.4) is 0 Å². The Kier molecular flexibility index (Phi) is 20.8. The van der Waals surface area contributed by atoms with Gasteiger partial charge in [-0.05, 0) is 0 Å². The molecule has 0 nitrogen and oxygen atoms in total. The second-order valence-corrected chi connectivity index (χ2v) is 3.47. The fourth-order valence-electron chi connectivity index (χ4n) is 0.500. The van der Waals surface area contributed by atoms with E-state index in [4.69, 9.17) is 0 Å². The van der Waals surface area contributed by atoms with Crippen LogP contribution in [0.5, 0.6) is 0 Å². The van der Waals surface area contributed by atoms with Crippen molar-refractivity contribution in [3.63, 3.8) is 0 Å². The third-order valence-corrected chi connectivity index (χ3v) is 1.31. The predicted octanol–water partition coefficient (Wildman–Crippen LogP) is 5.17. The third-order valence-electron chi connectivity index (χ3n) is 1.31. The first-order valence-electron chi connectivity index (χ1n) is 5.83. The Bertz CT molecular complexity index is 39.2. The van der Waals surface area contributed by atoms with Crippen molar-refractivity contribution in [1.29, 1.82) is 0 Å². The topological polar surface area (TPSA) is 0 Å². The molecule has 0 amide bonds. The van der Waals surface area contributed by atoms with E-state index in [9.17, 15) is 0 Å². The summed E-state index contributed by atoms with van der Waals surface area (Å²) in [5.41, 5.74) is 0. The van der Waals surface area contributed by atoms with Crippen LogP contribution in [0.25, 0.3) is 0 Å². The summed E-state index contributed by atoms with van der Waals surface area (Å²) in [6, 6.07) is 0. The fourth-order valence-corrected chi connectivity index (χ4v) is 0.500. The molecule has 0 aromatic carbocycles. The van der Waals surface area contributed by atoms with E-state index in [2.05, 4.69) is 27.7 Å². The van der Waals surface area contributed by atoms with Gasteiger partial charge in [-0.1, -0.05) is 79.1 Å². The molecule has 0 saturated heterocycles. The largest absolute Gasteiger partial charge is 0.0656 e. The monoisotopic (exact) mass is 172 g/mol. The maximum atomic E-state index is 2.23. The molecule has 1 saturated carbocycles. The molecule has 1 fully saturated rings. The standard InChI is InChI=1S/C6H14.C3H6.C3H8/c1-3-5-6-4-2;1-2-3-1;1-3-2/h3-6H2,1-2H3;1-3H2;3H2,1-2H3. The average Bonchev–Trinajstić information content (AvgIpc) is 2.88. The summed E-state index contributed by atoms with van der Waals surface area (Å²) in [6.45, 7) is 8.71. The van der Waals surface area contributed by atoms with Crippen LogP contribution >= 0.6 is 0 Å². The van der Waals surface area contributed by atoms with Crippen LogP contribution in [0.2, 0.25) is 0 Å². The van der Waals surface area contributed by atoms with Crippen LogP contribution in [0.4, 0.5) is 0 Å². The van der Waals surface area contributed by atoms with Crippen molar-refractivity contribution in [2.24, 2.45) is 0 Å². The Morgan fingerprint density at radius 2 is 0.917 bits per heavy atom. The summed E-state index contributed by atoms with van der Waals surface area (Å²) in [5.74, 6) is 0. The Morgan fingerprint density at radius 3 is 1.00 bits per heavy atom. The van der Waals surface area contributed by atoms with Crippen LogP contribution in [-0.4, -0.2) is 0 Å². The van der Waals surface area contributed by atoms with Crippen molar-refractivity contribution < 1.29 is 0 Å². The quantitative estimate of drug-likeness (QED) is 0.515. The highest BCUT2D eigenvalue weighted by Crippen LogP contribution is 2.14. The first kappa shape index (κ1) is 14.5. The molecule has 1 aliphatic rings. The molecule has 0 radical (unpaired) electrons. The van der Waals surface area contributed by atoms with E-state index >= 15 is 0 Å². The molecule has 0 heteroatoms. The van der Waals surface area contributed by atoms with Gasteiger partial charge in [-0.3, -0.25) is 0 Å². The Balaban J connectivity index is 0. The first-order chi connectivity index (χ1) is 5.83. The second-order valence-electron chi connectivity index (χ2n) is 3.47. The van der Waals surface area contributed by atoms with E-state index in [0.717, 1.165) is 0 Å².